The van der Waals surface area contributed by atoms with E-state index in [1.54, 1.807) is 36.0 Å². The van der Waals surface area contributed by atoms with Crippen molar-refractivity contribution in [2.24, 2.45) is 0 Å². The number of rotatable bonds is 16. The zero-order chi connectivity index (χ0) is 19.4. The second-order valence-corrected chi connectivity index (χ2v) is 16.2. The van der Waals surface area contributed by atoms with E-state index in [4.69, 9.17) is 16.3 Å². The summed E-state index contributed by atoms with van der Waals surface area (Å²) in [5.74, 6) is 1.06. The highest BCUT2D eigenvalue weighted by Gasteiger charge is 2.34. The molecule has 1 unspecified atom stereocenters. The van der Waals surface area contributed by atoms with Crippen LogP contribution in [0.4, 0.5) is 0 Å². The van der Waals surface area contributed by atoms with Crippen molar-refractivity contribution < 1.29 is 4.52 Å². The molecule has 0 aromatic carbocycles. The van der Waals surface area contributed by atoms with Crippen molar-refractivity contribution in [3.8, 4) is 0 Å². The van der Waals surface area contributed by atoms with Gasteiger partial charge in [0.25, 0.3) is 0 Å². The van der Waals surface area contributed by atoms with E-state index < -0.39 is 13.4 Å². The molecule has 1 nitrogen and oxygen atoms in total. The predicted octanol–water partition coefficient (Wildman–Crippen LogP) is 8.75. The summed E-state index contributed by atoms with van der Waals surface area (Å²) in [5.41, 5.74) is 0. The van der Waals surface area contributed by atoms with Crippen LogP contribution in [0.3, 0.4) is 0 Å². The molecular weight excluding hydrogens is 382 g/mol. The van der Waals surface area contributed by atoms with E-state index in [2.05, 4.69) is 34.6 Å². The Labute approximate surface area is 170 Å². The van der Waals surface area contributed by atoms with Crippen molar-refractivity contribution in [3.63, 3.8) is 0 Å². The second kappa shape index (κ2) is 21.6. The monoisotopic (exact) mass is 428 g/mol. The Hall–Kier alpha value is 1.26. The van der Waals surface area contributed by atoms with Crippen LogP contribution in [0.1, 0.15) is 92.9 Å². The van der Waals surface area contributed by atoms with Gasteiger partial charge in [0, 0.05) is 13.0 Å². The average molecular weight is 429 g/mol. The molecule has 0 aliphatic rings. The van der Waals surface area contributed by atoms with E-state index >= 15 is 0 Å². The fraction of sp³-hybridized carbons (Fsp3) is 1.00. The van der Waals surface area contributed by atoms with E-state index in [-0.39, 0.29) is 0 Å². The Morgan fingerprint density at radius 2 is 1.08 bits per heavy atom. The van der Waals surface area contributed by atoms with Crippen LogP contribution in [0.25, 0.3) is 0 Å². The summed E-state index contributed by atoms with van der Waals surface area (Å²) in [7, 11) is -0.562. The van der Waals surface area contributed by atoms with E-state index in [1.807, 2.05) is 6.92 Å². The molecule has 0 aromatic rings. The van der Waals surface area contributed by atoms with Crippen LogP contribution in [0.15, 0.2) is 0 Å². The summed E-state index contributed by atoms with van der Waals surface area (Å²) in [6.07, 6.45) is 17.4. The molecule has 0 aliphatic heterocycles. The lowest BCUT2D eigenvalue weighted by Gasteiger charge is -2.28. The Bertz CT molecular complexity index is 243. The van der Waals surface area contributed by atoms with Gasteiger partial charge in [0.05, 0.1) is 31.3 Å². The summed E-state index contributed by atoms with van der Waals surface area (Å²) in [5, 5.41) is 0. The predicted molar refractivity (Wildman–Crippen MR) is 130 cm³/mol. The fourth-order valence-corrected chi connectivity index (χ4v) is 11.1. The van der Waals surface area contributed by atoms with Crippen LogP contribution in [-0.4, -0.2) is 37.0 Å². The highest BCUT2D eigenvalue weighted by atomic mass is 32.9. The van der Waals surface area contributed by atoms with Crippen LogP contribution < -0.4 is 0 Å². The molecule has 5 heteroatoms. The topological polar surface area (TPSA) is 9.23 Å². The molecule has 0 aliphatic carbocycles. The van der Waals surface area contributed by atoms with Crippen LogP contribution >= 0.6 is 24.8 Å². The summed E-state index contributed by atoms with van der Waals surface area (Å²) in [4.78, 5) is 0. The molecule has 0 spiro atoms. The van der Waals surface area contributed by atoms with Crippen molar-refractivity contribution >= 4 is 36.6 Å². The minimum Gasteiger partial charge on any atom is -0.159 e. The summed E-state index contributed by atoms with van der Waals surface area (Å²) in [6.45, 7) is 14.2. The molecule has 0 heterocycles. The molecule has 25 heavy (non-hydrogen) atoms. The summed E-state index contributed by atoms with van der Waals surface area (Å²) < 4.78 is 5.12. The van der Waals surface area contributed by atoms with Gasteiger partial charge in [0.2, 0.25) is 11.8 Å². The minimum absolute atomic E-state index is 0.562. The standard InChI is InChI=1S/C16H36P.C4H10OPS2/c1-5-9-13-17(14-10-6-2,15-11-7-3)16-12-8-4;1-3-5-6(7)8-4-2/h5-16H2,1-4H3;3-4H2,1-2H3/q2*+1. The molecule has 0 saturated heterocycles. The van der Waals surface area contributed by atoms with Crippen molar-refractivity contribution in [2.75, 3.05) is 37.0 Å². The van der Waals surface area contributed by atoms with Crippen LogP contribution in [-0.2, 0) is 16.3 Å². The van der Waals surface area contributed by atoms with Gasteiger partial charge in [-0.15, -0.1) is 0 Å². The van der Waals surface area contributed by atoms with Crippen LogP contribution in [0.2, 0.25) is 0 Å². The van der Waals surface area contributed by atoms with E-state index in [0.29, 0.717) is 0 Å². The lowest BCUT2D eigenvalue weighted by molar-refractivity contribution is 0.396. The van der Waals surface area contributed by atoms with Gasteiger partial charge in [-0.3, -0.25) is 0 Å². The Morgan fingerprint density at radius 1 is 0.720 bits per heavy atom. The van der Waals surface area contributed by atoms with Gasteiger partial charge in [-0.2, -0.15) is 4.52 Å². The van der Waals surface area contributed by atoms with E-state index in [1.165, 1.54) is 51.4 Å². The second-order valence-electron chi connectivity index (χ2n) is 6.71. The largest absolute Gasteiger partial charge is 0.414 e. The molecule has 0 saturated carbocycles. The van der Waals surface area contributed by atoms with Crippen molar-refractivity contribution in [1.82, 2.24) is 0 Å². The van der Waals surface area contributed by atoms with Gasteiger partial charge in [-0.05, 0) is 32.6 Å². The molecule has 152 valence electrons. The third kappa shape index (κ3) is 18.4. The van der Waals surface area contributed by atoms with Gasteiger partial charge < -0.3 is 0 Å². The van der Waals surface area contributed by atoms with E-state index in [9.17, 15) is 0 Å². The van der Waals surface area contributed by atoms with Crippen LogP contribution in [0.5, 0.6) is 0 Å². The highest BCUT2D eigenvalue weighted by molar-refractivity contribution is 8.62. The SMILES string of the molecule is CCCC[P+](CCCC)(CCCC)CCCC.CCO[P+](=S)SCC. The molecular formula is C20H46OP2S2+2. The van der Waals surface area contributed by atoms with Crippen LogP contribution in [0, 0.1) is 0 Å². The fourth-order valence-electron chi connectivity index (χ4n) is 2.89. The molecule has 0 radical (unpaired) electrons. The van der Waals surface area contributed by atoms with Crippen molar-refractivity contribution in [2.45, 2.75) is 92.9 Å². The molecule has 1 atom stereocenters. The van der Waals surface area contributed by atoms with Crippen molar-refractivity contribution in [3.05, 3.63) is 0 Å². The Morgan fingerprint density at radius 3 is 1.32 bits per heavy atom. The van der Waals surface area contributed by atoms with Gasteiger partial charge in [-0.25, -0.2) is 0 Å². The maximum atomic E-state index is 5.12. The smallest absolute Gasteiger partial charge is 0.159 e. The maximum Gasteiger partial charge on any atom is 0.414 e. The molecule has 0 fully saturated rings. The van der Waals surface area contributed by atoms with Gasteiger partial charge >= 0.3 is 6.13 Å². The Balaban J connectivity index is 0. The number of unbranched alkanes of at least 4 members (excludes halogenated alkanes) is 4. The number of hydrogen-bond acceptors (Lipinski definition) is 3. The molecule has 0 bridgehead atoms. The zero-order valence-corrected chi connectivity index (χ0v) is 21.4. The third-order valence-electron chi connectivity index (χ3n) is 4.41. The first-order valence-electron chi connectivity index (χ1n) is 10.6. The first-order chi connectivity index (χ1) is 12.1. The lowest BCUT2D eigenvalue weighted by Crippen LogP contribution is -2.12. The average Bonchev–Trinajstić information content (AvgIpc) is 2.61. The zero-order valence-electron chi connectivity index (χ0n) is 18.0. The molecule has 0 aromatic heterocycles. The molecule has 0 N–H and O–H groups in total. The van der Waals surface area contributed by atoms with Crippen molar-refractivity contribution in [1.29, 1.82) is 0 Å². The first-order valence-corrected chi connectivity index (χ1v) is 17.0. The lowest BCUT2D eigenvalue weighted by atomic mass is 10.4. The quantitative estimate of drug-likeness (QED) is 0.227. The highest BCUT2D eigenvalue weighted by Crippen LogP contribution is 2.61. The normalized spacial score (nSPS) is 11.8. The van der Waals surface area contributed by atoms with E-state index in [0.717, 1.165) is 12.4 Å². The summed E-state index contributed by atoms with van der Waals surface area (Å²) >= 11 is 6.65. The number of hydrogen-bond donors (Lipinski definition) is 0. The third-order valence-corrected chi connectivity index (χ3v) is 13.4. The molecule has 0 rings (SSSR count). The molecule has 0 amide bonds. The maximum absolute atomic E-state index is 5.12. The summed E-state index contributed by atoms with van der Waals surface area (Å²) in [6, 6.07) is 0. The Kier molecular flexibility index (Phi) is 24.6. The first kappa shape index (κ1) is 28.5. The minimum atomic E-state index is -0.581. The van der Waals surface area contributed by atoms with Gasteiger partial charge in [-0.1, -0.05) is 60.3 Å². The van der Waals surface area contributed by atoms with Gasteiger partial charge in [0.15, 0.2) is 0 Å². The van der Waals surface area contributed by atoms with Gasteiger partial charge in [0.1, 0.15) is 11.4 Å².